The van der Waals surface area contributed by atoms with E-state index in [0.717, 1.165) is 0 Å². The van der Waals surface area contributed by atoms with Gasteiger partial charge >= 0.3 is 0 Å². The van der Waals surface area contributed by atoms with Crippen LogP contribution in [-0.4, -0.2) is 13.4 Å². The van der Waals surface area contributed by atoms with Crippen molar-refractivity contribution >= 4 is 26.0 Å². The zero-order valence-corrected chi connectivity index (χ0v) is 9.32. The van der Waals surface area contributed by atoms with E-state index < -0.39 is 37.5 Å². The van der Waals surface area contributed by atoms with Gasteiger partial charge in [-0.2, -0.15) is 0 Å². The zero-order valence-electron chi connectivity index (χ0n) is 6.92. The molecule has 9 heteroatoms. The molecular weight excluding hydrogens is 301 g/mol. The number of nitrogens with zero attached hydrogens (tertiary/aromatic N) is 1. The second-order valence-corrected chi connectivity index (χ2v) is 4.73. The smallest absolute Gasteiger partial charge is 0.225 e. The van der Waals surface area contributed by atoms with Crippen LogP contribution in [-0.2, 0) is 10.0 Å². The highest BCUT2D eigenvalue weighted by Gasteiger charge is 2.22. The minimum Gasteiger partial charge on any atom is -0.225 e. The molecule has 0 fully saturated rings. The molecule has 1 rings (SSSR count). The van der Waals surface area contributed by atoms with Crippen molar-refractivity contribution in [3.05, 3.63) is 22.1 Å². The molecule has 15 heavy (non-hydrogen) atoms. The Balaban J connectivity index is 3.46. The Labute approximate surface area is 91.5 Å². The molecule has 0 atom stereocenters. The fourth-order valence-corrected chi connectivity index (χ4v) is 1.95. The lowest BCUT2D eigenvalue weighted by Crippen LogP contribution is -2.16. The Morgan fingerprint density at radius 1 is 1.47 bits per heavy atom. The predicted octanol–water partition coefficient (Wildman–Crippen LogP) is 1.57. The SMILES string of the molecule is NS(=O)(=O)c1nc(Br)c(C(F)F)cc1F. The average Bonchev–Trinajstić information content (AvgIpc) is 2.06. The van der Waals surface area contributed by atoms with Gasteiger partial charge in [0.1, 0.15) is 4.60 Å². The molecule has 0 aliphatic rings. The minimum atomic E-state index is -4.36. The molecule has 0 aliphatic carbocycles. The van der Waals surface area contributed by atoms with E-state index in [1.165, 1.54) is 0 Å². The van der Waals surface area contributed by atoms with Gasteiger partial charge < -0.3 is 0 Å². The standard InChI is InChI=1S/C6H4BrF3N2O2S/c7-4-2(5(9)10)1-3(8)6(12-4)15(11,13)14/h1,5H,(H2,11,13,14). The first kappa shape index (κ1) is 12.4. The Hall–Kier alpha value is -0.670. The lowest BCUT2D eigenvalue weighted by Gasteiger charge is -2.05. The predicted molar refractivity (Wildman–Crippen MR) is 48.2 cm³/mol. The number of sulfonamides is 1. The van der Waals surface area contributed by atoms with Gasteiger partial charge in [-0.25, -0.2) is 31.7 Å². The molecule has 0 unspecified atom stereocenters. The van der Waals surface area contributed by atoms with Crippen LogP contribution in [0.2, 0.25) is 0 Å². The first-order chi connectivity index (χ1) is 6.73. The lowest BCUT2D eigenvalue weighted by molar-refractivity contribution is 0.149. The summed E-state index contributed by atoms with van der Waals surface area (Å²) in [5.74, 6) is -1.41. The summed E-state index contributed by atoms with van der Waals surface area (Å²) in [5, 5.41) is 3.54. The maximum Gasteiger partial charge on any atom is 0.266 e. The van der Waals surface area contributed by atoms with Crippen LogP contribution in [0.5, 0.6) is 0 Å². The van der Waals surface area contributed by atoms with Gasteiger partial charge in [0.05, 0.1) is 5.56 Å². The average molecular weight is 305 g/mol. The van der Waals surface area contributed by atoms with Crippen molar-refractivity contribution in [2.75, 3.05) is 0 Å². The zero-order chi connectivity index (χ0) is 11.8. The summed E-state index contributed by atoms with van der Waals surface area (Å²) in [5.41, 5.74) is -0.736. The second-order valence-electron chi connectivity index (χ2n) is 2.50. The minimum absolute atomic E-state index is 0.376. The highest BCUT2D eigenvalue weighted by Crippen LogP contribution is 2.28. The van der Waals surface area contributed by atoms with Crippen molar-refractivity contribution in [3.8, 4) is 0 Å². The van der Waals surface area contributed by atoms with E-state index in [9.17, 15) is 21.6 Å². The Morgan fingerprint density at radius 2 is 2.00 bits per heavy atom. The normalized spacial score (nSPS) is 12.1. The van der Waals surface area contributed by atoms with Crippen molar-refractivity contribution in [1.82, 2.24) is 4.98 Å². The van der Waals surface area contributed by atoms with Crippen LogP contribution in [0.1, 0.15) is 12.0 Å². The molecule has 2 N–H and O–H groups in total. The number of alkyl halides is 2. The summed E-state index contributed by atoms with van der Waals surface area (Å²) in [6.07, 6.45) is -2.96. The molecule has 0 amide bonds. The van der Waals surface area contributed by atoms with Crippen LogP contribution >= 0.6 is 15.9 Å². The van der Waals surface area contributed by atoms with Crippen molar-refractivity contribution in [2.45, 2.75) is 11.5 Å². The van der Waals surface area contributed by atoms with Crippen LogP contribution in [0.3, 0.4) is 0 Å². The lowest BCUT2D eigenvalue weighted by atomic mass is 10.3. The molecular formula is C6H4BrF3N2O2S. The number of halogens is 4. The van der Waals surface area contributed by atoms with Gasteiger partial charge in [-0.1, -0.05) is 0 Å². The monoisotopic (exact) mass is 304 g/mol. The number of pyridine rings is 1. The second kappa shape index (κ2) is 4.06. The third-order valence-electron chi connectivity index (χ3n) is 1.43. The van der Waals surface area contributed by atoms with Crippen LogP contribution in [0.25, 0.3) is 0 Å². The summed E-state index contributed by atoms with van der Waals surface area (Å²) in [7, 11) is -4.36. The number of nitrogens with two attached hydrogens (primary N) is 1. The molecule has 0 aromatic carbocycles. The van der Waals surface area contributed by atoms with Gasteiger partial charge in [0.2, 0.25) is 5.03 Å². The number of aromatic nitrogens is 1. The van der Waals surface area contributed by atoms with Crippen molar-refractivity contribution < 1.29 is 21.6 Å². The van der Waals surface area contributed by atoms with E-state index in [0.29, 0.717) is 6.07 Å². The number of primary sulfonamides is 1. The van der Waals surface area contributed by atoms with Crippen LogP contribution < -0.4 is 5.14 Å². The maximum atomic E-state index is 13.0. The fourth-order valence-electron chi connectivity index (χ4n) is 0.817. The number of hydrogen-bond acceptors (Lipinski definition) is 3. The Morgan fingerprint density at radius 3 is 2.40 bits per heavy atom. The topological polar surface area (TPSA) is 73.1 Å². The first-order valence-electron chi connectivity index (χ1n) is 3.40. The quantitative estimate of drug-likeness (QED) is 0.843. The fraction of sp³-hybridized carbons (Fsp3) is 0.167. The van der Waals surface area contributed by atoms with E-state index in [1.54, 1.807) is 0 Å². The molecule has 1 aromatic heterocycles. The van der Waals surface area contributed by atoms with Gasteiger partial charge in [-0.15, -0.1) is 0 Å². The third-order valence-corrected chi connectivity index (χ3v) is 2.89. The van der Waals surface area contributed by atoms with Gasteiger partial charge in [-0.05, 0) is 22.0 Å². The van der Waals surface area contributed by atoms with E-state index in [4.69, 9.17) is 0 Å². The molecule has 1 heterocycles. The molecule has 84 valence electrons. The van der Waals surface area contributed by atoms with Gasteiger partial charge in [0, 0.05) is 0 Å². The van der Waals surface area contributed by atoms with Gasteiger partial charge in [-0.3, -0.25) is 0 Å². The molecule has 0 saturated carbocycles. The van der Waals surface area contributed by atoms with Crippen LogP contribution in [0, 0.1) is 5.82 Å². The molecule has 0 bridgehead atoms. The van der Waals surface area contributed by atoms with E-state index in [2.05, 4.69) is 26.1 Å². The Kier molecular flexibility index (Phi) is 3.36. The molecule has 0 spiro atoms. The highest BCUT2D eigenvalue weighted by molar-refractivity contribution is 9.10. The summed E-state index contributed by atoms with van der Waals surface area (Å²) in [6.45, 7) is 0. The summed E-state index contributed by atoms with van der Waals surface area (Å²) < 4.78 is 58.5. The molecule has 0 saturated heterocycles. The first-order valence-corrected chi connectivity index (χ1v) is 5.74. The molecule has 4 nitrogen and oxygen atoms in total. The van der Waals surface area contributed by atoms with Crippen LogP contribution in [0.15, 0.2) is 15.7 Å². The van der Waals surface area contributed by atoms with Gasteiger partial charge in [0.15, 0.2) is 5.82 Å². The van der Waals surface area contributed by atoms with E-state index in [1.807, 2.05) is 0 Å². The molecule has 0 radical (unpaired) electrons. The van der Waals surface area contributed by atoms with E-state index >= 15 is 0 Å². The maximum absolute atomic E-state index is 13.0. The summed E-state index contributed by atoms with van der Waals surface area (Å²) >= 11 is 2.60. The largest absolute Gasteiger partial charge is 0.266 e. The number of hydrogen-bond donors (Lipinski definition) is 1. The third kappa shape index (κ3) is 2.67. The van der Waals surface area contributed by atoms with Crippen LogP contribution in [0.4, 0.5) is 13.2 Å². The van der Waals surface area contributed by atoms with Crippen molar-refractivity contribution in [3.63, 3.8) is 0 Å². The summed E-state index contributed by atoms with van der Waals surface area (Å²) in [6, 6.07) is 0.376. The van der Waals surface area contributed by atoms with Crippen molar-refractivity contribution in [2.24, 2.45) is 5.14 Å². The number of rotatable bonds is 2. The summed E-state index contributed by atoms with van der Waals surface area (Å²) in [4.78, 5) is 3.11. The highest BCUT2D eigenvalue weighted by atomic mass is 79.9. The van der Waals surface area contributed by atoms with Crippen molar-refractivity contribution in [1.29, 1.82) is 0 Å². The molecule has 0 aliphatic heterocycles. The molecule has 1 aromatic rings. The Bertz CT molecular complexity index is 491. The van der Waals surface area contributed by atoms with E-state index in [-0.39, 0.29) is 0 Å². The van der Waals surface area contributed by atoms with Gasteiger partial charge in [0.25, 0.3) is 16.4 Å².